The Morgan fingerprint density at radius 2 is 2.10 bits per heavy atom. The molecule has 21 heavy (non-hydrogen) atoms. The number of rotatable bonds is 4. The minimum Gasteiger partial charge on any atom is -0.384 e. The molecule has 0 heterocycles. The maximum Gasteiger partial charge on any atom is 0.240 e. The molecule has 114 valence electrons. The van der Waals surface area contributed by atoms with Gasteiger partial charge in [0.1, 0.15) is 6.61 Å². The van der Waals surface area contributed by atoms with E-state index in [0.29, 0.717) is 17.7 Å². The fraction of sp³-hybridized carbons (Fsp3) is 0.500. The van der Waals surface area contributed by atoms with E-state index >= 15 is 0 Å². The Morgan fingerprint density at radius 1 is 1.38 bits per heavy atom. The van der Waals surface area contributed by atoms with Crippen molar-refractivity contribution in [2.24, 2.45) is 5.41 Å². The SMILES string of the molecule is Cc1ccc(C#CCO)cc1S(=O)(=O)NCC1(C)CCC1. The van der Waals surface area contributed by atoms with Crippen LogP contribution < -0.4 is 4.72 Å². The molecule has 0 bridgehead atoms. The standard InChI is InChI=1S/C16H21NO3S/c1-13-6-7-14(5-3-10-18)11-15(13)21(19,20)17-12-16(2)8-4-9-16/h6-7,11,17-18H,4,8-10,12H2,1-2H3. The first kappa shape index (κ1) is 16.0. The van der Waals surface area contributed by atoms with Gasteiger partial charge in [0.05, 0.1) is 4.90 Å². The van der Waals surface area contributed by atoms with E-state index in [-0.39, 0.29) is 16.9 Å². The molecule has 1 aliphatic rings. The Kier molecular flexibility index (Phi) is 4.72. The van der Waals surface area contributed by atoms with Gasteiger partial charge in [-0.15, -0.1) is 0 Å². The highest BCUT2D eigenvalue weighted by molar-refractivity contribution is 7.89. The summed E-state index contributed by atoms with van der Waals surface area (Å²) in [5.74, 6) is 5.26. The number of aryl methyl sites for hydroxylation is 1. The zero-order valence-corrected chi connectivity index (χ0v) is 13.3. The van der Waals surface area contributed by atoms with Gasteiger partial charge < -0.3 is 5.11 Å². The minimum atomic E-state index is -3.53. The molecule has 0 aromatic heterocycles. The highest BCUT2D eigenvalue weighted by Crippen LogP contribution is 2.39. The quantitative estimate of drug-likeness (QED) is 0.834. The van der Waals surface area contributed by atoms with Crippen molar-refractivity contribution < 1.29 is 13.5 Å². The van der Waals surface area contributed by atoms with Crippen LogP contribution in [0.3, 0.4) is 0 Å². The fourth-order valence-corrected chi connectivity index (χ4v) is 3.88. The average molecular weight is 307 g/mol. The smallest absolute Gasteiger partial charge is 0.240 e. The first-order valence-corrected chi connectivity index (χ1v) is 8.55. The number of hydrogen-bond acceptors (Lipinski definition) is 3. The van der Waals surface area contributed by atoms with Crippen molar-refractivity contribution in [2.45, 2.75) is 38.0 Å². The maximum absolute atomic E-state index is 12.5. The zero-order chi connectivity index (χ0) is 15.5. The Bertz CT molecular complexity index is 679. The van der Waals surface area contributed by atoms with Crippen LogP contribution in [0.5, 0.6) is 0 Å². The largest absolute Gasteiger partial charge is 0.384 e. The molecule has 0 saturated heterocycles. The van der Waals surface area contributed by atoms with Crippen LogP contribution in [0.4, 0.5) is 0 Å². The summed E-state index contributed by atoms with van der Waals surface area (Å²) in [7, 11) is -3.53. The van der Waals surface area contributed by atoms with Gasteiger partial charge in [-0.2, -0.15) is 0 Å². The topological polar surface area (TPSA) is 66.4 Å². The Hall–Kier alpha value is -1.35. The van der Waals surface area contributed by atoms with Crippen molar-refractivity contribution >= 4 is 10.0 Å². The second-order valence-corrected chi connectivity index (χ2v) is 7.66. The summed E-state index contributed by atoms with van der Waals surface area (Å²) in [4.78, 5) is 0.259. The van der Waals surface area contributed by atoms with Crippen LogP contribution in [0, 0.1) is 24.2 Å². The van der Waals surface area contributed by atoms with Crippen LogP contribution in [0.15, 0.2) is 23.1 Å². The molecule has 1 fully saturated rings. The summed E-state index contributed by atoms with van der Waals surface area (Å²) < 4.78 is 27.6. The Balaban J connectivity index is 2.22. The molecule has 4 nitrogen and oxygen atoms in total. The highest BCUT2D eigenvalue weighted by Gasteiger charge is 2.33. The van der Waals surface area contributed by atoms with Crippen molar-refractivity contribution in [3.8, 4) is 11.8 Å². The second-order valence-electron chi connectivity index (χ2n) is 5.93. The van der Waals surface area contributed by atoms with E-state index in [9.17, 15) is 8.42 Å². The Morgan fingerprint density at radius 3 is 2.67 bits per heavy atom. The molecule has 0 spiro atoms. The number of sulfonamides is 1. The summed E-state index contributed by atoms with van der Waals surface area (Å²) in [5, 5.41) is 8.71. The molecule has 0 unspecified atom stereocenters. The minimum absolute atomic E-state index is 0.0925. The van der Waals surface area contributed by atoms with E-state index < -0.39 is 10.0 Å². The van der Waals surface area contributed by atoms with Gasteiger partial charge in [0, 0.05) is 12.1 Å². The van der Waals surface area contributed by atoms with Gasteiger partial charge in [-0.05, 0) is 42.9 Å². The molecule has 1 aromatic rings. The second kappa shape index (κ2) is 6.18. The highest BCUT2D eigenvalue weighted by atomic mass is 32.2. The molecule has 1 saturated carbocycles. The van der Waals surface area contributed by atoms with E-state index in [2.05, 4.69) is 23.5 Å². The van der Waals surface area contributed by atoms with Gasteiger partial charge in [0.25, 0.3) is 0 Å². The van der Waals surface area contributed by atoms with E-state index in [1.165, 1.54) is 6.42 Å². The van der Waals surface area contributed by atoms with Gasteiger partial charge in [-0.1, -0.05) is 31.3 Å². The number of hydrogen-bond donors (Lipinski definition) is 2. The van der Waals surface area contributed by atoms with Crippen molar-refractivity contribution in [1.82, 2.24) is 4.72 Å². The maximum atomic E-state index is 12.5. The molecule has 2 rings (SSSR count). The van der Waals surface area contributed by atoms with Crippen LogP contribution in [-0.2, 0) is 10.0 Å². The molecule has 2 N–H and O–H groups in total. The molecule has 1 aliphatic carbocycles. The molecule has 0 aliphatic heterocycles. The van der Waals surface area contributed by atoms with Crippen LogP contribution >= 0.6 is 0 Å². The lowest BCUT2D eigenvalue weighted by Crippen LogP contribution is -2.40. The van der Waals surface area contributed by atoms with E-state index in [0.717, 1.165) is 12.8 Å². The Labute approximate surface area is 126 Å². The molecule has 0 atom stereocenters. The number of benzene rings is 1. The monoisotopic (exact) mass is 307 g/mol. The zero-order valence-electron chi connectivity index (χ0n) is 12.4. The van der Waals surface area contributed by atoms with Crippen molar-refractivity contribution in [1.29, 1.82) is 0 Å². The average Bonchev–Trinajstić information content (AvgIpc) is 2.42. The molecule has 0 radical (unpaired) electrons. The van der Waals surface area contributed by atoms with Crippen LogP contribution in [0.2, 0.25) is 0 Å². The molecular weight excluding hydrogens is 286 g/mol. The third kappa shape index (κ3) is 3.85. The van der Waals surface area contributed by atoms with Gasteiger partial charge in [-0.3, -0.25) is 0 Å². The predicted molar refractivity (Wildman–Crippen MR) is 82.3 cm³/mol. The summed E-state index contributed by atoms with van der Waals surface area (Å²) in [6.45, 7) is 4.10. The third-order valence-electron chi connectivity index (χ3n) is 4.04. The van der Waals surface area contributed by atoms with Crippen LogP contribution in [-0.4, -0.2) is 26.7 Å². The van der Waals surface area contributed by atoms with E-state index in [1.807, 2.05) is 0 Å². The molecule has 1 aromatic carbocycles. The van der Waals surface area contributed by atoms with Crippen molar-refractivity contribution in [2.75, 3.05) is 13.2 Å². The summed E-state index contributed by atoms with van der Waals surface area (Å²) in [5.41, 5.74) is 1.37. The lowest BCUT2D eigenvalue weighted by Gasteiger charge is -2.38. The number of nitrogens with one attached hydrogen (secondary N) is 1. The van der Waals surface area contributed by atoms with Crippen LogP contribution in [0.25, 0.3) is 0 Å². The van der Waals surface area contributed by atoms with Gasteiger partial charge in [0.15, 0.2) is 0 Å². The van der Waals surface area contributed by atoms with Gasteiger partial charge >= 0.3 is 0 Å². The molecule has 0 amide bonds. The van der Waals surface area contributed by atoms with Crippen molar-refractivity contribution in [3.05, 3.63) is 29.3 Å². The summed E-state index contributed by atoms with van der Waals surface area (Å²) >= 11 is 0. The predicted octanol–water partition coefficient (Wildman–Crippen LogP) is 1.81. The van der Waals surface area contributed by atoms with E-state index in [1.54, 1.807) is 25.1 Å². The van der Waals surface area contributed by atoms with Crippen molar-refractivity contribution in [3.63, 3.8) is 0 Å². The number of aliphatic hydroxyl groups is 1. The molecule has 5 heteroatoms. The fourth-order valence-electron chi connectivity index (χ4n) is 2.41. The normalized spacial score (nSPS) is 16.7. The third-order valence-corrected chi connectivity index (χ3v) is 5.58. The first-order valence-electron chi connectivity index (χ1n) is 7.06. The summed E-state index contributed by atoms with van der Waals surface area (Å²) in [6, 6.07) is 5.05. The van der Waals surface area contributed by atoms with Gasteiger partial charge in [-0.25, -0.2) is 13.1 Å². The molecular formula is C16H21NO3S. The van der Waals surface area contributed by atoms with E-state index in [4.69, 9.17) is 5.11 Å². The lowest BCUT2D eigenvalue weighted by atomic mass is 9.71. The van der Waals surface area contributed by atoms with Gasteiger partial charge in [0.2, 0.25) is 10.0 Å². The van der Waals surface area contributed by atoms with Crippen LogP contribution in [0.1, 0.15) is 37.3 Å². The lowest BCUT2D eigenvalue weighted by molar-refractivity contribution is 0.166. The summed E-state index contributed by atoms with van der Waals surface area (Å²) in [6.07, 6.45) is 3.30. The first-order chi connectivity index (χ1) is 9.86. The number of aliphatic hydroxyl groups excluding tert-OH is 1.